The second-order valence-electron chi connectivity index (χ2n) is 2.62. The number of carbonyl (C=O) groups is 1. The molecule has 0 aromatic carbocycles. The van der Waals surface area contributed by atoms with Crippen molar-refractivity contribution >= 4 is 12.0 Å². The van der Waals surface area contributed by atoms with Gasteiger partial charge in [-0.05, 0) is 12.3 Å². The Bertz CT molecular complexity index is 387. The van der Waals surface area contributed by atoms with Gasteiger partial charge >= 0.3 is 5.97 Å². The molecule has 0 saturated carbocycles. The molecule has 0 radical (unpaired) electrons. The van der Waals surface area contributed by atoms with Crippen LogP contribution in [-0.4, -0.2) is 21.0 Å². The van der Waals surface area contributed by atoms with Crippen LogP contribution >= 0.6 is 0 Å². The summed E-state index contributed by atoms with van der Waals surface area (Å²) in [5.74, 6) is -1.26. The number of aromatic nitrogens is 2. The molecule has 66 valence electrons. The summed E-state index contributed by atoms with van der Waals surface area (Å²) >= 11 is 0. The maximum absolute atomic E-state index is 10.5. The maximum Gasteiger partial charge on any atom is 0.373 e. The quantitative estimate of drug-likeness (QED) is 0.643. The maximum atomic E-state index is 10.5. The molecule has 0 bridgehead atoms. The largest absolute Gasteiger partial charge is 0.475 e. The van der Waals surface area contributed by atoms with Gasteiger partial charge in [0, 0.05) is 11.8 Å². The Morgan fingerprint density at radius 2 is 2.46 bits per heavy atom. The van der Waals surface area contributed by atoms with Crippen LogP contribution in [0.4, 0.5) is 0 Å². The predicted molar refractivity (Wildman–Crippen MR) is 44.9 cm³/mol. The molecule has 13 heavy (non-hydrogen) atoms. The van der Waals surface area contributed by atoms with Gasteiger partial charge in [-0.2, -0.15) is 0 Å². The van der Waals surface area contributed by atoms with Crippen LogP contribution in [0.1, 0.15) is 21.9 Å². The van der Waals surface area contributed by atoms with Crippen molar-refractivity contribution in [3.8, 4) is 0 Å². The molecular formula is C8H7N3O2. The lowest BCUT2D eigenvalue weighted by atomic mass is 10.2. The third kappa shape index (κ3) is 1.35. The van der Waals surface area contributed by atoms with Crippen LogP contribution < -0.4 is 5.32 Å². The molecule has 2 rings (SSSR count). The number of hydrogen-bond donors (Lipinski definition) is 2. The van der Waals surface area contributed by atoms with Crippen LogP contribution in [0.3, 0.4) is 0 Å². The van der Waals surface area contributed by atoms with Crippen molar-refractivity contribution in [3.63, 3.8) is 0 Å². The number of aromatic carboxylic acids is 1. The molecule has 2 heterocycles. The van der Waals surface area contributed by atoms with E-state index in [-0.39, 0.29) is 5.82 Å². The fraction of sp³-hybridized carbons (Fsp3) is 0.125. The van der Waals surface area contributed by atoms with Crippen LogP contribution in [0, 0.1) is 0 Å². The molecule has 1 aliphatic rings. The molecule has 0 spiro atoms. The van der Waals surface area contributed by atoms with E-state index in [1.165, 1.54) is 6.20 Å². The van der Waals surface area contributed by atoms with Crippen molar-refractivity contribution in [1.29, 1.82) is 0 Å². The number of hydrogen-bond acceptors (Lipinski definition) is 4. The number of nitrogens with zero attached hydrogens (tertiary/aromatic N) is 2. The number of nitrogens with one attached hydrogen (secondary N) is 1. The lowest BCUT2D eigenvalue weighted by molar-refractivity contribution is 0.0683. The first kappa shape index (κ1) is 7.72. The minimum atomic E-state index is -1.10. The van der Waals surface area contributed by atoms with Gasteiger partial charge in [-0.25, -0.2) is 14.8 Å². The van der Waals surface area contributed by atoms with E-state index in [4.69, 9.17) is 5.11 Å². The fourth-order valence-electron chi connectivity index (χ4n) is 1.11. The summed E-state index contributed by atoms with van der Waals surface area (Å²) < 4.78 is 0. The van der Waals surface area contributed by atoms with Crippen molar-refractivity contribution in [1.82, 2.24) is 15.3 Å². The van der Waals surface area contributed by atoms with Crippen LogP contribution in [0.25, 0.3) is 6.08 Å². The van der Waals surface area contributed by atoms with E-state index in [2.05, 4.69) is 15.3 Å². The Kier molecular flexibility index (Phi) is 1.70. The van der Waals surface area contributed by atoms with Gasteiger partial charge in [-0.15, -0.1) is 0 Å². The molecule has 0 atom stereocenters. The molecular weight excluding hydrogens is 170 g/mol. The van der Waals surface area contributed by atoms with Gasteiger partial charge in [0.05, 0.1) is 12.2 Å². The van der Waals surface area contributed by atoms with E-state index in [0.29, 0.717) is 6.54 Å². The standard InChI is InChI=1S/C8H7N3O2/c12-8(13)7-10-3-5-1-2-9-4-6(5)11-7/h1-3,9H,4H2,(H,12,13). The van der Waals surface area contributed by atoms with E-state index in [1.807, 2.05) is 6.08 Å². The second kappa shape index (κ2) is 2.85. The third-order valence-corrected chi connectivity index (χ3v) is 1.74. The molecule has 5 nitrogen and oxygen atoms in total. The Morgan fingerprint density at radius 1 is 1.62 bits per heavy atom. The zero-order valence-electron chi connectivity index (χ0n) is 6.69. The highest BCUT2D eigenvalue weighted by Gasteiger charge is 2.11. The first-order valence-corrected chi connectivity index (χ1v) is 3.76. The lowest BCUT2D eigenvalue weighted by Gasteiger charge is -2.09. The number of fused-ring (bicyclic) bond motifs is 1. The van der Waals surface area contributed by atoms with Crippen molar-refractivity contribution in [3.05, 3.63) is 29.5 Å². The monoisotopic (exact) mass is 177 g/mol. The summed E-state index contributed by atoms with van der Waals surface area (Å²) in [6.45, 7) is 0.550. The van der Waals surface area contributed by atoms with Crippen LogP contribution in [0.2, 0.25) is 0 Å². The van der Waals surface area contributed by atoms with Crippen molar-refractivity contribution in [2.75, 3.05) is 0 Å². The highest BCUT2D eigenvalue weighted by molar-refractivity contribution is 5.83. The summed E-state index contributed by atoms with van der Waals surface area (Å²) in [6, 6.07) is 0. The molecule has 5 heteroatoms. The molecule has 0 fully saturated rings. The van der Waals surface area contributed by atoms with Gasteiger partial charge < -0.3 is 10.4 Å². The highest BCUT2D eigenvalue weighted by Crippen LogP contribution is 2.10. The Hall–Kier alpha value is -1.91. The van der Waals surface area contributed by atoms with Gasteiger partial charge in [-0.1, -0.05) is 0 Å². The summed E-state index contributed by atoms with van der Waals surface area (Å²) in [7, 11) is 0. The Labute approximate surface area is 74.1 Å². The van der Waals surface area contributed by atoms with E-state index < -0.39 is 5.97 Å². The van der Waals surface area contributed by atoms with Gasteiger partial charge in [0.25, 0.3) is 0 Å². The minimum absolute atomic E-state index is 0.157. The Morgan fingerprint density at radius 3 is 3.23 bits per heavy atom. The number of rotatable bonds is 1. The summed E-state index contributed by atoms with van der Waals surface area (Å²) in [5, 5.41) is 11.6. The first-order valence-electron chi connectivity index (χ1n) is 3.76. The molecule has 1 aromatic heterocycles. The highest BCUT2D eigenvalue weighted by atomic mass is 16.4. The van der Waals surface area contributed by atoms with Crippen LogP contribution in [0.15, 0.2) is 12.4 Å². The number of carboxylic acids is 1. The van der Waals surface area contributed by atoms with Gasteiger partial charge in [0.1, 0.15) is 0 Å². The predicted octanol–water partition coefficient (Wildman–Crippen LogP) is 0.249. The lowest BCUT2D eigenvalue weighted by Crippen LogP contribution is -2.15. The molecule has 0 aliphatic carbocycles. The van der Waals surface area contributed by atoms with Gasteiger partial charge in [-0.3, -0.25) is 0 Å². The SMILES string of the molecule is O=C(O)c1ncc2c(n1)CNC=C2. The zero-order valence-corrected chi connectivity index (χ0v) is 6.69. The van der Waals surface area contributed by atoms with Gasteiger partial charge in [0.15, 0.2) is 0 Å². The summed E-state index contributed by atoms with van der Waals surface area (Å²) in [5.41, 5.74) is 1.58. The minimum Gasteiger partial charge on any atom is -0.475 e. The molecule has 1 aliphatic heterocycles. The smallest absolute Gasteiger partial charge is 0.373 e. The van der Waals surface area contributed by atoms with Crippen molar-refractivity contribution in [2.45, 2.75) is 6.54 Å². The normalized spacial score (nSPS) is 13.2. The Balaban J connectivity index is 2.48. The molecule has 0 saturated heterocycles. The summed E-state index contributed by atoms with van der Waals surface area (Å²) in [6.07, 6.45) is 5.11. The molecule has 1 aromatic rings. The average molecular weight is 177 g/mol. The van der Waals surface area contributed by atoms with E-state index in [1.54, 1.807) is 6.20 Å². The van der Waals surface area contributed by atoms with E-state index >= 15 is 0 Å². The van der Waals surface area contributed by atoms with Crippen LogP contribution in [0.5, 0.6) is 0 Å². The van der Waals surface area contributed by atoms with E-state index in [0.717, 1.165) is 11.3 Å². The molecule has 0 unspecified atom stereocenters. The van der Waals surface area contributed by atoms with Gasteiger partial charge in [0.2, 0.25) is 5.82 Å². The molecule has 0 amide bonds. The fourth-order valence-corrected chi connectivity index (χ4v) is 1.11. The topological polar surface area (TPSA) is 75.1 Å². The third-order valence-electron chi connectivity index (χ3n) is 1.74. The van der Waals surface area contributed by atoms with Crippen molar-refractivity contribution in [2.24, 2.45) is 0 Å². The zero-order chi connectivity index (χ0) is 9.26. The van der Waals surface area contributed by atoms with E-state index in [9.17, 15) is 4.79 Å². The summed E-state index contributed by atoms with van der Waals surface area (Å²) in [4.78, 5) is 18.1. The van der Waals surface area contributed by atoms with Crippen LogP contribution in [-0.2, 0) is 6.54 Å². The van der Waals surface area contributed by atoms with Crippen molar-refractivity contribution < 1.29 is 9.90 Å². The molecule has 2 N–H and O–H groups in total. The average Bonchev–Trinajstić information content (AvgIpc) is 2.17. The number of carboxylic acid groups (broad SMARTS) is 1. The second-order valence-corrected chi connectivity index (χ2v) is 2.62. The first-order chi connectivity index (χ1) is 6.27.